The first-order valence-corrected chi connectivity index (χ1v) is 6.60. The Labute approximate surface area is 107 Å². The van der Waals surface area contributed by atoms with E-state index in [0.717, 1.165) is 12.8 Å². The van der Waals surface area contributed by atoms with Crippen LogP contribution in [0.15, 0.2) is 12.2 Å². The summed E-state index contributed by atoms with van der Waals surface area (Å²) in [5, 5.41) is 0. The van der Waals surface area contributed by atoms with Crippen molar-refractivity contribution >= 4 is 5.97 Å². The molecule has 0 amide bonds. The third-order valence-corrected chi connectivity index (χ3v) is 4.30. The minimum absolute atomic E-state index is 0.0171. The summed E-state index contributed by atoms with van der Waals surface area (Å²) in [6.07, 6.45) is 5.81. The number of hydrogen-bond donors (Lipinski definition) is 0. The molecule has 0 spiro atoms. The van der Waals surface area contributed by atoms with E-state index in [1.165, 1.54) is 0 Å². The van der Waals surface area contributed by atoms with Crippen molar-refractivity contribution in [2.75, 3.05) is 6.61 Å². The third-order valence-electron chi connectivity index (χ3n) is 4.30. The molecule has 100 valence electrons. The van der Waals surface area contributed by atoms with E-state index in [-0.39, 0.29) is 17.3 Å². The van der Waals surface area contributed by atoms with Gasteiger partial charge in [0.15, 0.2) is 5.79 Å². The van der Waals surface area contributed by atoms with Crippen LogP contribution in [-0.2, 0) is 19.0 Å². The summed E-state index contributed by atoms with van der Waals surface area (Å²) in [5.74, 6) is -0.274. The van der Waals surface area contributed by atoms with Crippen LogP contribution < -0.4 is 0 Å². The van der Waals surface area contributed by atoms with Gasteiger partial charge in [-0.1, -0.05) is 19.1 Å². The summed E-state index contributed by atoms with van der Waals surface area (Å²) in [4.78, 5) is 12.2. The highest BCUT2D eigenvalue weighted by Crippen LogP contribution is 2.53. The number of carbonyl (C=O) groups is 1. The maximum Gasteiger partial charge on any atom is 0.312 e. The Kier molecular flexibility index (Phi) is 2.58. The van der Waals surface area contributed by atoms with Crippen LogP contribution in [-0.4, -0.2) is 24.7 Å². The first-order chi connectivity index (χ1) is 8.38. The van der Waals surface area contributed by atoms with Gasteiger partial charge in [0.1, 0.15) is 6.61 Å². The van der Waals surface area contributed by atoms with Gasteiger partial charge < -0.3 is 14.2 Å². The molecule has 4 atom stereocenters. The molecule has 4 nitrogen and oxygen atoms in total. The van der Waals surface area contributed by atoms with Crippen molar-refractivity contribution in [3.63, 3.8) is 0 Å². The normalized spacial score (nSPS) is 44.5. The fraction of sp³-hybridized carbons (Fsp3) is 0.786. The summed E-state index contributed by atoms with van der Waals surface area (Å²) in [7, 11) is 0. The lowest BCUT2D eigenvalue weighted by Crippen LogP contribution is -2.33. The second-order valence-electron chi connectivity index (χ2n) is 6.31. The molecule has 3 aliphatic rings. The number of carbonyl (C=O) groups excluding carboxylic acids is 1. The molecule has 0 aromatic rings. The Morgan fingerprint density at radius 1 is 1.39 bits per heavy atom. The molecule has 0 radical (unpaired) electrons. The Morgan fingerprint density at radius 3 is 2.67 bits per heavy atom. The van der Waals surface area contributed by atoms with Gasteiger partial charge in [-0.2, -0.15) is 0 Å². The van der Waals surface area contributed by atoms with E-state index in [2.05, 4.69) is 19.1 Å². The molecule has 2 aliphatic carbocycles. The maximum absolute atomic E-state index is 12.2. The topological polar surface area (TPSA) is 44.8 Å². The van der Waals surface area contributed by atoms with E-state index in [0.29, 0.717) is 12.5 Å². The number of fused-ring (bicyclic) bond motifs is 2. The van der Waals surface area contributed by atoms with Crippen LogP contribution in [0, 0.1) is 17.3 Å². The Morgan fingerprint density at radius 2 is 2.17 bits per heavy atom. The lowest BCUT2D eigenvalue weighted by atomic mass is 9.80. The molecule has 3 rings (SSSR count). The van der Waals surface area contributed by atoms with E-state index < -0.39 is 12.1 Å². The average Bonchev–Trinajstić information content (AvgIpc) is 2.89. The quantitative estimate of drug-likeness (QED) is 0.558. The fourth-order valence-corrected chi connectivity index (χ4v) is 3.34. The van der Waals surface area contributed by atoms with Crippen molar-refractivity contribution in [2.24, 2.45) is 17.3 Å². The molecular weight excluding hydrogens is 232 g/mol. The minimum Gasteiger partial charge on any atom is -0.433 e. The molecule has 2 bridgehead atoms. The van der Waals surface area contributed by atoms with Crippen LogP contribution in [0.4, 0.5) is 0 Å². The highest BCUT2D eigenvalue weighted by Gasteiger charge is 2.50. The zero-order chi connectivity index (χ0) is 13.0. The van der Waals surface area contributed by atoms with E-state index in [1.807, 2.05) is 13.8 Å². The van der Waals surface area contributed by atoms with Gasteiger partial charge in [0.05, 0.1) is 5.92 Å². The summed E-state index contributed by atoms with van der Waals surface area (Å²) in [6.45, 7) is 6.10. The van der Waals surface area contributed by atoms with Crippen LogP contribution in [0.3, 0.4) is 0 Å². The van der Waals surface area contributed by atoms with Crippen LogP contribution in [0.25, 0.3) is 0 Å². The number of ether oxygens (including phenoxy) is 3. The van der Waals surface area contributed by atoms with Crippen molar-refractivity contribution < 1.29 is 19.0 Å². The molecule has 1 heterocycles. The molecule has 18 heavy (non-hydrogen) atoms. The predicted octanol–water partition coefficient (Wildman–Crippen LogP) is 2.24. The number of rotatable bonds is 2. The number of esters is 1. The zero-order valence-corrected chi connectivity index (χ0v) is 11.1. The Hall–Kier alpha value is -0.870. The summed E-state index contributed by atoms with van der Waals surface area (Å²) < 4.78 is 16.3. The van der Waals surface area contributed by atoms with Gasteiger partial charge >= 0.3 is 5.97 Å². The molecule has 0 N–H and O–H groups in total. The van der Waals surface area contributed by atoms with Crippen molar-refractivity contribution in [3.05, 3.63) is 12.2 Å². The predicted molar refractivity (Wildman–Crippen MR) is 64.5 cm³/mol. The molecule has 4 heteroatoms. The average molecular weight is 252 g/mol. The summed E-state index contributed by atoms with van der Waals surface area (Å²) in [5.41, 5.74) is -0.0171. The van der Waals surface area contributed by atoms with Gasteiger partial charge in [0, 0.05) is 0 Å². The van der Waals surface area contributed by atoms with Crippen LogP contribution in [0.1, 0.15) is 33.6 Å². The SMILES string of the molecule is CC1(C)OCC(OC(=O)C2CC3C=CC2(C)C3)O1. The van der Waals surface area contributed by atoms with Crippen LogP contribution in [0.2, 0.25) is 0 Å². The maximum atomic E-state index is 12.2. The van der Waals surface area contributed by atoms with Gasteiger partial charge in [-0.15, -0.1) is 0 Å². The van der Waals surface area contributed by atoms with Gasteiger partial charge in [-0.25, -0.2) is 0 Å². The highest BCUT2D eigenvalue weighted by atomic mass is 16.8. The third kappa shape index (κ3) is 1.97. The first-order valence-electron chi connectivity index (χ1n) is 6.60. The van der Waals surface area contributed by atoms with Gasteiger partial charge in [-0.05, 0) is 38.0 Å². The summed E-state index contributed by atoms with van der Waals surface area (Å²) >= 11 is 0. The minimum atomic E-state index is -0.649. The van der Waals surface area contributed by atoms with Crippen LogP contribution >= 0.6 is 0 Å². The Balaban J connectivity index is 1.62. The fourth-order valence-electron chi connectivity index (χ4n) is 3.34. The molecule has 2 fully saturated rings. The molecular formula is C14H20O4. The van der Waals surface area contributed by atoms with Crippen molar-refractivity contribution in [2.45, 2.75) is 45.7 Å². The molecule has 1 aliphatic heterocycles. The standard InChI is InChI=1S/C14H20O4/c1-13(2)16-8-11(18-13)17-12(15)10-6-9-4-5-14(10,3)7-9/h4-5,9-11H,6-8H2,1-3H3. The van der Waals surface area contributed by atoms with Crippen molar-refractivity contribution in [1.29, 1.82) is 0 Å². The molecule has 4 unspecified atom stereocenters. The number of hydrogen-bond acceptors (Lipinski definition) is 4. The monoisotopic (exact) mass is 252 g/mol. The molecule has 0 aromatic carbocycles. The first kappa shape index (κ1) is 12.2. The second kappa shape index (κ2) is 3.81. The zero-order valence-electron chi connectivity index (χ0n) is 11.1. The van der Waals surface area contributed by atoms with Gasteiger partial charge in [0.2, 0.25) is 6.29 Å². The van der Waals surface area contributed by atoms with Gasteiger partial charge in [-0.3, -0.25) is 4.79 Å². The second-order valence-corrected chi connectivity index (χ2v) is 6.31. The lowest BCUT2D eigenvalue weighted by Gasteiger charge is -2.27. The molecule has 1 saturated heterocycles. The summed E-state index contributed by atoms with van der Waals surface area (Å²) in [6, 6.07) is 0. The van der Waals surface area contributed by atoms with Gasteiger partial charge in [0.25, 0.3) is 0 Å². The van der Waals surface area contributed by atoms with Crippen LogP contribution in [0.5, 0.6) is 0 Å². The smallest absolute Gasteiger partial charge is 0.312 e. The van der Waals surface area contributed by atoms with E-state index in [1.54, 1.807) is 0 Å². The van der Waals surface area contributed by atoms with E-state index in [4.69, 9.17) is 14.2 Å². The molecule has 1 saturated carbocycles. The lowest BCUT2D eigenvalue weighted by molar-refractivity contribution is -0.202. The number of allylic oxidation sites excluding steroid dienone is 2. The van der Waals surface area contributed by atoms with Crippen molar-refractivity contribution in [1.82, 2.24) is 0 Å². The molecule has 0 aromatic heterocycles. The van der Waals surface area contributed by atoms with Crippen molar-refractivity contribution in [3.8, 4) is 0 Å². The highest BCUT2D eigenvalue weighted by molar-refractivity contribution is 5.75. The van der Waals surface area contributed by atoms with E-state index in [9.17, 15) is 4.79 Å². The van der Waals surface area contributed by atoms with E-state index >= 15 is 0 Å². The Bertz CT molecular complexity index is 401. The largest absolute Gasteiger partial charge is 0.433 e.